The number of carbonyl (C=O) groups is 2. The van der Waals surface area contributed by atoms with Crippen LogP contribution >= 0.6 is 12.2 Å². The summed E-state index contributed by atoms with van der Waals surface area (Å²) in [6.07, 6.45) is 6.15. The minimum absolute atomic E-state index is 0.113. The van der Waals surface area contributed by atoms with Gasteiger partial charge in [-0.1, -0.05) is 31.5 Å². The smallest absolute Gasteiger partial charge is 0.230 e. The van der Waals surface area contributed by atoms with Crippen LogP contribution in [-0.2, 0) is 9.59 Å². The van der Waals surface area contributed by atoms with Crippen LogP contribution in [0.1, 0.15) is 44.9 Å². The molecular weight excluding hydrogens is 236 g/mol. The van der Waals surface area contributed by atoms with Gasteiger partial charge in [-0.05, 0) is 18.8 Å². The van der Waals surface area contributed by atoms with E-state index in [9.17, 15) is 9.59 Å². The van der Waals surface area contributed by atoms with Gasteiger partial charge in [0.15, 0.2) is 0 Å². The highest BCUT2D eigenvalue weighted by Gasteiger charge is 2.40. The molecule has 1 unspecified atom stereocenters. The molecule has 1 heterocycles. The third-order valence-electron chi connectivity index (χ3n) is 3.76. The van der Waals surface area contributed by atoms with Gasteiger partial charge in [0.1, 0.15) is 0 Å². The molecule has 1 saturated carbocycles. The first-order valence-corrected chi connectivity index (χ1v) is 6.66. The number of rotatable bonds is 3. The van der Waals surface area contributed by atoms with Crippen LogP contribution in [0.2, 0.25) is 0 Å². The fraction of sp³-hybridized carbons (Fsp3) is 0.750. The van der Waals surface area contributed by atoms with Crippen molar-refractivity contribution in [3.8, 4) is 0 Å². The van der Waals surface area contributed by atoms with E-state index in [1.165, 1.54) is 11.3 Å². The largest absolute Gasteiger partial charge is 0.392 e. The Kier molecular flexibility index (Phi) is 3.76. The number of carbonyl (C=O) groups excluding carboxylic acids is 2. The lowest BCUT2D eigenvalue weighted by Gasteiger charge is -2.34. The molecule has 2 N–H and O–H groups in total. The zero-order valence-electron chi connectivity index (χ0n) is 9.85. The fourth-order valence-corrected chi connectivity index (χ4v) is 3.22. The standard InChI is InChI=1S/C12H18N2O2S/c13-12(17)11(8-4-2-1-3-5-8)14-9(15)6-7-10(14)16/h8,11H,1-7H2,(H2,13,17). The van der Waals surface area contributed by atoms with Crippen LogP contribution in [0.25, 0.3) is 0 Å². The molecular formula is C12H18N2O2S. The number of hydrogen-bond acceptors (Lipinski definition) is 3. The third kappa shape index (κ3) is 2.49. The first-order chi connectivity index (χ1) is 8.11. The molecule has 0 aromatic rings. The fourth-order valence-electron chi connectivity index (χ4n) is 2.92. The van der Waals surface area contributed by atoms with Gasteiger partial charge in [0.2, 0.25) is 11.8 Å². The van der Waals surface area contributed by atoms with Gasteiger partial charge in [0.25, 0.3) is 0 Å². The Bertz CT molecular complexity index is 334. The lowest BCUT2D eigenvalue weighted by molar-refractivity contribution is -0.140. The first-order valence-electron chi connectivity index (χ1n) is 6.25. The predicted octanol–water partition coefficient (Wildman–Crippen LogP) is 1.37. The second-order valence-corrected chi connectivity index (χ2v) is 5.37. The number of nitrogens with two attached hydrogens (primary N) is 1. The maximum atomic E-state index is 11.8. The van der Waals surface area contributed by atoms with Gasteiger partial charge in [0.05, 0.1) is 11.0 Å². The monoisotopic (exact) mass is 254 g/mol. The quantitative estimate of drug-likeness (QED) is 0.610. The summed E-state index contributed by atoms with van der Waals surface area (Å²) in [5.74, 6) is 0.0454. The van der Waals surface area contributed by atoms with E-state index >= 15 is 0 Å². The minimum Gasteiger partial charge on any atom is -0.392 e. The maximum Gasteiger partial charge on any atom is 0.230 e. The molecule has 4 nitrogen and oxygen atoms in total. The highest BCUT2D eigenvalue weighted by atomic mass is 32.1. The van der Waals surface area contributed by atoms with Crippen LogP contribution < -0.4 is 5.73 Å². The molecule has 0 radical (unpaired) electrons. The zero-order valence-corrected chi connectivity index (χ0v) is 10.7. The van der Waals surface area contributed by atoms with Crippen molar-refractivity contribution in [3.63, 3.8) is 0 Å². The van der Waals surface area contributed by atoms with E-state index in [2.05, 4.69) is 0 Å². The molecule has 1 atom stereocenters. The number of nitrogens with zero attached hydrogens (tertiary/aromatic N) is 1. The molecule has 0 bridgehead atoms. The van der Waals surface area contributed by atoms with E-state index in [1.807, 2.05) is 0 Å². The SMILES string of the molecule is NC(=S)C(C1CCCCC1)N1C(=O)CCC1=O. The Morgan fingerprint density at radius 3 is 2.18 bits per heavy atom. The van der Waals surface area contributed by atoms with Gasteiger partial charge in [0, 0.05) is 12.8 Å². The maximum absolute atomic E-state index is 11.8. The Labute approximate surface area is 107 Å². The normalized spacial score (nSPS) is 24.1. The van der Waals surface area contributed by atoms with E-state index < -0.39 is 0 Å². The summed E-state index contributed by atoms with van der Waals surface area (Å²) in [5, 5.41) is 0. The third-order valence-corrected chi connectivity index (χ3v) is 4.00. The number of thiocarbonyl (C=S) groups is 1. The molecule has 1 aliphatic carbocycles. The number of hydrogen-bond donors (Lipinski definition) is 1. The minimum atomic E-state index is -0.340. The van der Waals surface area contributed by atoms with Crippen molar-refractivity contribution in [1.82, 2.24) is 4.90 Å². The molecule has 1 saturated heterocycles. The van der Waals surface area contributed by atoms with Crippen LogP contribution in [0.3, 0.4) is 0 Å². The van der Waals surface area contributed by atoms with Crippen molar-refractivity contribution in [2.45, 2.75) is 51.0 Å². The van der Waals surface area contributed by atoms with Gasteiger partial charge in [-0.25, -0.2) is 0 Å². The lowest BCUT2D eigenvalue weighted by atomic mass is 9.83. The van der Waals surface area contributed by atoms with E-state index in [0.717, 1.165) is 25.7 Å². The summed E-state index contributed by atoms with van der Waals surface area (Å²) >= 11 is 5.07. The molecule has 2 rings (SSSR count). The molecule has 0 spiro atoms. The zero-order chi connectivity index (χ0) is 12.4. The Morgan fingerprint density at radius 2 is 1.71 bits per heavy atom. The summed E-state index contributed by atoms with van der Waals surface area (Å²) in [6.45, 7) is 0. The first kappa shape index (κ1) is 12.5. The molecule has 17 heavy (non-hydrogen) atoms. The summed E-state index contributed by atoms with van der Waals surface area (Å²) in [7, 11) is 0. The van der Waals surface area contributed by atoms with Gasteiger partial charge >= 0.3 is 0 Å². The molecule has 2 aliphatic rings. The van der Waals surface area contributed by atoms with E-state index in [4.69, 9.17) is 18.0 Å². The second-order valence-electron chi connectivity index (χ2n) is 4.90. The van der Waals surface area contributed by atoms with Crippen molar-refractivity contribution in [2.75, 3.05) is 0 Å². The second kappa shape index (κ2) is 5.12. The number of amides is 2. The van der Waals surface area contributed by atoms with Crippen molar-refractivity contribution >= 4 is 29.0 Å². The van der Waals surface area contributed by atoms with Crippen LogP contribution in [-0.4, -0.2) is 27.7 Å². The summed E-state index contributed by atoms with van der Waals surface area (Å²) in [4.78, 5) is 25.2. The number of likely N-dealkylation sites (tertiary alicyclic amines) is 1. The van der Waals surface area contributed by atoms with Gasteiger partial charge in [-0.2, -0.15) is 0 Å². The van der Waals surface area contributed by atoms with E-state index in [-0.39, 0.29) is 23.8 Å². The number of imide groups is 1. The predicted molar refractivity (Wildman–Crippen MR) is 68.2 cm³/mol. The highest BCUT2D eigenvalue weighted by molar-refractivity contribution is 7.80. The van der Waals surface area contributed by atoms with Gasteiger partial charge in [-0.15, -0.1) is 0 Å². The average Bonchev–Trinajstić information content (AvgIpc) is 2.62. The molecule has 2 fully saturated rings. The van der Waals surface area contributed by atoms with Crippen molar-refractivity contribution in [1.29, 1.82) is 0 Å². The van der Waals surface area contributed by atoms with Gasteiger partial charge in [-0.3, -0.25) is 14.5 Å². The van der Waals surface area contributed by atoms with Crippen LogP contribution in [0.4, 0.5) is 0 Å². The Balaban J connectivity index is 2.18. The van der Waals surface area contributed by atoms with Crippen molar-refractivity contribution in [3.05, 3.63) is 0 Å². The topological polar surface area (TPSA) is 63.4 Å². The van der Waals surface area contributed by atoms with Crippen molar-refractivity contribution < 1.29 is 9.59 Å². The van der Waals surface area contributed by atoms with E-state index in [0.29, 0.717) is 17.8 Å². The lowest BCUT2D eigenvalue weighted by Crippen LogP contribution is -2.51. The van der Waals surface area contributed by atoms with Crippen LogP contribution in [0.5, 0.6) is 0 Å². The molecule has 5 heteroatoms. The Hall–Kier alpha value is -0.970. The van der Waals surface area contributed by atoms with Crippen molar-refractivity contribution in [2.24, 2.45) is 11.7 Å². The molecule has 94 valence electrons. The Morgan fingerprint density at radius 1 is 1.18 bits per heavy atom. The molecule has 2 amide bonds. The van der Waals surface area contributed by atoms with E-state index in [1.54, 1.807) is 0 Å². The highest BCUT2D eigenvalue weighted by Crippen LogP contribution is 2.31. The van der Waals surface area contributed by atoms with Gasteiger partial charge < -0.3 is 5.73 Å². The van der Waals surface area contributed by atoms with Crippen LogP contribution in [0, 0.1) is 5.92 Å². The molecule has 0 aromatic carbocycles. The summed E-state index contributed by atoms with van der Waals surface area (Å²) in [6, 6.07) is -0.340. The summed E-state index contributed by atoms with van der Waals surface area (Å²) in [5.41, 5.74) is 5.76. The summed E-state index contributed by atoms with van der Waals surface area (Å²) < 4.78 is 0. The van der Waals surface area contributed by atoms with Crippen LogP contribution in [0.15, 0.2) is 0 Å². The molecule has 1 aliphatic heterocycles. The molecule has 0 aromatic heterocycles. The average molecular weight is 254 g/mol.